The standard InChI is InChI=1S/C12H19N3O2S/c1-7(2)5-9(11(16)13-4)15-12(17)10-8(3)14-6-18-10/h6-7,9H,5H2,1-4H3,(H,13,16)(H,15,17). The molecule has 0 aromatic carbocycles. The molecule has 0 bridgehead atoms. The van der Waals surface area contributed by atoms with Crippen molar-refractivity contribution in [3.8, 4) is 0 Å². The van der Waals surface area contributed by atoms with E-state index < -0.39 is 6.04 Å². The molecule has 0 aliphatic rings. The summed E-state index contributed by atoms with van der Waals surface area (Å²) in [5.74, 6) is -0.0707. The molecule has 0 aliphatic heterocycles. The van der Waals surface area contributed by atoms with E-state index in [1.165, 1.54) is 11.3 Å². The lowest BCUT2D eigenvalue weighted by atomic mass is 10.0. The Kier molecular flexibility index (Phi) is 5.27. The number of aryl methyl sites for hydroxylation is 1. The first-order valence-electron chi connectivity index (χ1n) is 5.88. The SMILES string of the molecule is CNC(=O)C(CC(C)C)NC(=O)c1scnc1C. The van der Waals surface area contributed by atoms with Gasteiger partial charge in [0.1, 0.15) is 10.9 Å². The van der Waals surface area contributed by atoms with Crippen molar-refractivity contribution in [2.45, 2.75) is 33.2 Å². The molecule has 2 N–H and O–H groups in total. The fourth-order valence-corrected chi connectivity index (χ4v) is 2.33. The zero-order valence-electron chi connectivity index (χ0n) is 11.1. The highest BCUT2D eigenvalue weighted by atomic mass is 32.1. The van der Waals surface area contributed by atoms with E-state index in [9.17, 15) is 9.59 Å². The summed E-state index contributed by atoms with van der Waals surface area (Å²) in [5.41, 5.74) is 2.32. The van der Waals surface area contributed by atoms with Crippen molar-refractivity contribution >= 4 is 23.2 Å². The molecular formula is C12H19N3O2S. The molecule has 1 unspecified atom stereocenters. The Hall–Kier alpha value is -1.43. The second-order valence-electron chi connectivity index (χ2n) is 4.54. The molecule has 0 saturated heterocycles. The van der Waals surface area contributed by atoms with E-state index in [4.69, 9.17) is 0 Å². The van der Waals surface area contributed by atoms with Crippen LogP contribution in [0, 0.1) is 12.8 Å². The third kappa shape index (κ3) is 3.80. The van der Waals surface area contributed by atoms with Crippen LogP contribution in [0.15, 0.2) is 5.51 Å². The minimum absolute atomic E-state index is 0.167. The lowest BCUT2D eigenvalue weighted by Gasteiger charge is -2.18. The van der Waals surface area contributed by atoms with Gasteiger partial charge in [-0.15, -0.1) is 11.3 Å². The van der Waals surface area contributed by atoms with Gasteiger partial charge >= 0.3 is 0 Å². The minimum atomic E-state index is -0.496. The summed E-state index contributed by atoms with van der Waals surface area (Å²) in [4.78, 5) is 28.3. The molecule has 100 valence electrons. The van der Waals surface area contributed by atoms with E-state index in [0.717, 1.165) is 0 Å². The van der Waals surface area contributed by atoms with Crippen molar-refractivity contribution in [1.29, 1.82) is 0 Å². The molecule has 1 heterocycles. The van der Waals surface area contributed by atoms with E-state index in [1.807, 2.05) is 13.8 Å². The minimum Gasteiger partial charge on any atom is -0.357 e. The van der Waals surface area contributed by atoms with Crippen LogP contribution in [-0.2, 0) is 4.79 Å². The van der Waals surface area contributed by atoms with Gasteiger partial charge in [0.2, 0.25) is 5.91 Å². The van der Waals surface area contributed by atoms with E-state index in [0.29, 0.717) is 22.9 Å². The average molecular weight is 269 g/mol. The zero-order valence-corrected chi connectivity index (χ0v) is 11.9. The Morgan fingerprint density at radius 2 is 2.11 bits per heavy atom. The van der Waals surface area contributed by atoms with Crippen LogP contribution >= 0.6 is 11.3 Å². The number of carbonyl (C=O) groups excluding carboxylic acids is 2. The molecule has 1 atom stereocenters. The van der Waals surface area contributed by atoms with Gasteiger partial charge in [0.05, 0.1) is 11.2 Å². The maximum atomic E-state index is 12.0. The summed E-state index contributed by atoms with van der Waals surface area (Å²) >= 11 is 1.28. The highest BCUT2D eigenvalue weighted by molar-refractivity contribution is 7.11. The van der Waals surface area contributed by atoms with Crippen molar-refractivity contribution < 1.29 is 9.59 Å². The Morgan fingerprint density at radius 3 is 2.56 bits per heavy atom. The van der Waals surface area contributed by atoms with Crippen molar-refractivity contribution in [2.24, 2.45) is 5.92 Å². The van der Waals surface area contributed by atoms with E-state index >= 15 is 0 Å². The third-order valence-corrected chi connectivity index (χ3v) is 3.45. The van der Waals surface area contributed by atoms with Crippen LogP contribution in [0.1, 0.15) is 35.6 Å². The predicted molar refractivity (Wildman–Crippen MR) is 71.6 cm³/mol. The van der Waals surface area contributed by atoms with E-state index in [2.05, 4.69) is 15.6 Å². The van der Waals surface area contributed by atoms with Crippen molar-refractivity contribution in [3.63, 3.8) is 0 Å². The van der Waals surface area contributed by atoms with Crippen LogP contribution in [-0.4, -0.2) is 29.9 Å². The highest BCUT2D eigenvalue weighted by Gasteiger charge is 2.22. The summed E-state index contributed by atoms with van der Waals surface area (Å²) in [6, 6.07) is -0.496. The number of likely N-dealkylation sites (N-methyl/N-ethyl adjacent to an activating group) is 1. The first-order chi connectivity index (χ1) is 8.45. The van der Waals surface area contributed by atoms with Crippen LogP contribution in [0.25, 0.3) is 0 Å². The van der Waals surface area contributed by atoms with Gasteiger partial charge in [-0.1, -0.05) is 13.8 Å². The molecule has 0 saturated carbocycles. The number of thiazole rings is 1. The van der Waals surface area contributed by atoms with Gasteiger partial charge in [-0.05, 0) is 19.3 Å². The molecule has 18 heavy (non-hydrogen) atoms. The topological polar surface area (TPSA) is 71.1 Å². The first kappa shape index (κ1) is 14.6. The normalized spacial score (nSPS) is 12.3. The summed E-state index contributed by atoms with van der Waals surface area (Å²) in [6.45, 7) is 5.81. The largest absolute Gasteiger partial charge is 0.357 e. The van der Waals surface area contributed by atoms with Crippen molar-refractivity contribution in [2.75, 3.05) is 7.05 Å². The number of nitrogens with zero attached hydrogens (tertiary/aromatic N) is 1. The van der Waals surface area contributed by atoms with E-state index in [1.54, 1.807) is 19.5 Å². The first-order valence-corrected chi connectivity index (χ1v) is 6.76. The number of hydrogen-bond acceptors (Lipinski definition) is 4. The molecule has 1 aromatic heterocycles. The second kappa shape index (κ2) is 6.49. The molecule has 0 spiro atoms. The number of amides is 2. The third-order valence-electron chi connectivity index (χ3n) is 2.53. The lowest BCUT2D eigenvalue weighted by molar-refractivity contribution is -0.122. The lowest BCUT2D eigenvalue weighted by Crippen LogP contribution is -2.46. The molecule has 6 heteroatoms. The molecule has 1 rings (SSSR count). The molecule has 0 aliphatic carbocycles. The number of aromatic nitrogens is 1. The van der Waals surface area contributed by atoms with Crippen LogP contribution in [0.2, 0.25) is 0 Å². The van der Waals surface area contributed by atoms with Gasteiger partial charge in [0.25, 0.3) is 5.91 Å². The van der Waals surface area contributed by atoms with Crippen LogP contribution in [0.5, 0.6) is 0 Å². The van der Waals surface area contributed by atoms with Gasteiger partial charge in [-0.25, -0.2) is 4.98 Å². The number of hydrogen-bond donors (Lipinski definition) is 2. The summed E-state index contributed by atoms with van der Waals surface area (Å²) in [6.07, 6.45) is 0.614. The number of rotatable bonds is 5. The van der Waals surface area contributed by atoms with E-state index in [-0.39, 0.29) is 11.8 Å². The van der Waals surface area contributed by atoms with Gasteiger partial charge in [-0.2, -0.15) is 0 Å². The fourth-order valence-electron chi connectivity index (χ4n) is 1.62. The molecular weight excluding hydrogens is 250 g/mol. The Labute approximate surface area is 111 Å². The monoisotopic (exact) mass is 269 g/mol. The Morgan fingerprint density at radius 1 is 1.44 bits per heavy atom. The Bertz CT molecular complexity index is 429. The van der Waals surface area contributed by atoms with Crippen molar-refractivity contribution in [1.82, 2.24) is 15.6 Å². The summed E-state index contributed by atoms with van der Waals surface area (Å²) in [7, 11) is 1.57. The highest BCUT2D eigenvalue weighted by Crippen LogP contribution is 2.13. The molecule has 0 radical (unpaired) electrons. The van der Waals surface area contributed by atoms with Gasteiger partial charge in [-0.3, -0.25) is 9.59 Å². The maximum absolute atomic E-state index is 12.0. The van der Waals surface area contributed by atoms with Gasteiger partial charge in [0.15, 0.2) is 0 Å². The number of carbonyl (C=O) groups is 2. The molecule has 1 aromatic rings. The quantitative estimate of drug-likeness (QED) is 0.847. The predicted octanol–water partition coefficient (Wildman–Crippen LogP) is 1.34. The average Bonchev–Trinajstić information content (AvgIpc) is 2.73. The van der Waals surface area contributed by atoms with Crippen LogP contribution < -0.4 is 10.6 Å². The van der Waals surface area contributed by atoms with Crippen LogP contribution in [0.4, 0.5) is 0 Å². The molecule has 5 nitrogen and oxygen atoms in total. The number of nitrogens with one attached hydrogen (secondary N) is 2. The second-order valence-corrected chi connectivity index (χ2v) is 5.39. The molecule has 2 amide bonds. The smallest absolute Gasteiger partial charge is 0.263 e. The fraction of sp³-hybridized carbons (Fsp3) is 0.583. The zero-order chi connectivity index (χ0) is 13.7. The van der Waals surface area contributed by atoms with Crippen molar-refractivity contribution in [3.05, 3.63) is 16.1 Å². The summed E-state index contributed by atoms with van der Waals surface area (Å²) in [5, 5.41) is 5.33. The van der Waals surface area contributed by atoms with Crippen LogP contribution in [0.3, 0.4) is 0 Å². The summed E-state index contributed by atoms with van der Waals surface area (Å²) < 4.78 is 0. The Balaban J connectivity index is 2.74. The molecule has 0 fully saturated rings. The van der Waals surface area contributed by atoms with Gasteiger partial charge in [0, 0.05) is 7.05 Å². The maximum Gasteiger partial charge on any atom is 0.263 e. The van der Waals surface area contributed by atoms with Gasteiger partial charge < -0.3 is 10.6 Å².